The van der Waals surface area contributed by atoms with E-state index in [2.05, 4.69) is 15.2 Å². The molecule has 4 N–H and O–H groups in total. The highest BCUT2D eigenvalue weighted by molar-refractivity contribution is 5.92. The van der Waals surface area contributed by atoms with E-state index in [4.69, 9.17) is 10.5 Å². The third-order valence-corrected chi connectivity index (χ3v) is 5.82. The zero-order chi connectivity index (χ0) is 22.3. The summed E-state index contributed by atoms with van der Waals surface area (Å²) in [6.07, 6.45) is 3.28. The lowest BCUT2D eigenvalue weighted by Gasteiger charge is -2.33. The molecule has 10 heteroatoms. The molecule has 31 heavy (non-hydrogen) atoms. The van der Waals surface area contributed by atoms with Gasteiger partial charge in [0.15, 0.2) is 0 Å². The van der Waals surface area contributed by atoms with Crippen molar-refractivity contribution in [3.05, 3.63) is 30.1 Å². The van der Waals surface area contributed by atoms with Crippen molar-refractivity contribution in [3.8, 4) is 0 Å². The minimum Gasteiger partial charge on any atom is -0.384 e. The first-order valence-electron chi connectivity index (χ1n) is 10.7. The molecule has 2 fully saturated rings. The summed E-state index contributed by atoms with van der Waals surface area (Å²) in [7, 11) is 0. The first-order valence-corrected chi connectivity index (χ1v) is 10.7. The van der Waals surface area contributed by atoms with Crippen molar-refractivity contribution in [3.63, 3.8) is 0 Å². The van der Waals surface area contributed by atoms with Crippen molar-refractivity contribution >= 4 is 17.7 Å². The van der Waals surface area contributed by atoms with Crippen LogP contribution in [-0.2, 0) is 14.3 Å². The smallest absolute Gasteiger partial charge is 0.269 e. The fourth-order valence-electron chi connectivity index (χ4n) is 3.92. The standard InChI is InChI=1S/C21H31N5O5/c22-19(28)16-4-8-25(9-5-16)10-6-18(27)26-11-12-31-15-21(30,14-26)13-24-20(29)17-3-1-2-7-23-17/h1-3,7,16,30H,4-6,8-15H2,(H2,22,28)(H,24,29)/t21-/m0/s1. The van der Waals surface area contributed by atoms with Crippen LogP contribution in [0.2, 0.25) is 0 Å². The van der Waals surface area contributed by atoms with Gasteiger partial charge in [0.1, 0.15) is 11.3 Å². The number of nitrogens with zero attached hydrogens (tertiary/aromatic N) is 3. The molecule has 0 bridgehead atoms. The maximum Gasteiger partial charge on any atom is 0.269 e. The summed E-state index contributed by atoms with van der Waals surface area (Å²) in [4.78, 5) is 44.0. The molecule has 1 atom stereocenters. The van der Waals surface area contributed by atoms with Crippen LogP contribution in [0.4, 0.5) is 0 Å². The van der Waals surface area contributed by atoms with Crippen LogP contribution in [0.15, 0.2) is 24.4 Å². The maximum atomic E-state index is 12.8. The second-order valence-corrected chi connectivity index (χ2v) is 8.26. The highest BCUT2D eigenvalue weighted by atomic mass is 16.5. The molecule has 170 valence electrons. The number of aliphatic hydroxyl groups is 1. The molecule has 0 aliphatic carbocycles. The van der Waals surface area contributed by atoms with Gasteiger partial charge in [-0.2, -0.15) is 0 Å². The number of piperidine rings is 1. The predicted octanol–water partition coefficient (Wildman–Crippen LogP) is -1.01. The van der Waals surface area contributed by atoms with E-state index in [-0.39, 0.29) is 43.1 Å². The number of aromatic nitrogens is 1. The normalized spacial score (nSPS) is 23.2. The van der Waals surface area contributed by atoms with E-state index in [1.807, 2.05) is 0 Å². The number of hydrogen-bond donors (Lipinski definition) is 3. The minimum atomic E-state index is -1.38. The van der Waals surface area contributed by atoms with Crippen LogP contribution in [0, 0.1) is 5.92 Å². The fourth-order valence-corrected chi connectivity index (χ4v) is 3.92. The SMILES string of the molecule is NC(=O)C1CCN(CCC(=O)N2CCOC[C@](O)(CNC(=O)c3ccccn3)C2)CC1. The first kappa shape index (κ1) is 23.1. The average Bonchev–Trinajstić information content (AvgIpc) is 2.99. The number of carbonyl (C=O) groups excluding carboxylic acids is 3. The number of ether oxygens (including phenoxy) is 1. The van der Waals surface area contributed by atoms with Gasteiger partial charge in [0.2, 0.25) is 11.8 Å². The van der Waals surface area contributed by atoms with Gasteiger partial charge in [-0.05, 0) is 38.1 Å². The van der Waals surface area contributed by atoms with Gasteiger partial charge in [0.25, 0.3) is 5.91 Å². The molecule has 0 radical (unpaired) electrons. The van der Waals surface area contributed by atoms with Gasteiger partial charge in [0, 0.05) is 31.6 Å². The predicted molar refractivity (Wildman–Crippen MR) is 112 cm³/mol. The Bertz CT molecular complexity index is 769. The second-order valence-electron chi connectivity index (χ2n) is 8.26. The van der Waals surface area contributed by atoms with E-state index in [1.165, 1.54) is 6.20 Å². The minimum absolute atomic E-state index is 0.0277. The summed E-state index contributed by atoms with van der Waals surface area (Å²) < 4.78 is 5.49. The molecule has 3 heterocycles. The Morgan fingerprint density at radius 1 is 1.26 bits per heavy atom. The van der Waals surface area contributed by atoms with Crippen molar-refractivity contribution in [2.75, 3.05) is 52.5 Å². The van der Waals surface area contributed by atoms with Crippen molar-refractivity contribution in [2.24, 2.45) is 11.7 Å². The number of β-amino-alcohol motifs (C(OH)–C–C–N with tert-alkyl or cyclic N) is 1. The number of pyridine rings is 1. The van der Waals surface area contributed by atoms with Crippen molar-refractivity contribution in [1.82, 2.24) is 20.1 Å². The molecule has 0 unspecified atom stereocenters. The summed E-state index contributed by atoms with van der Waals surface area (Å²) in [6.45, 7) is 2.85. The Morgan fingerprint density at radius 2 is 2.03 bits per heavy atom. The van der Waals surface area contributed by atoms with Gasteiger partial charge in [-0.1, -0.05) is 6.07 Å². The Hall–Kier alpha value is -2.56. The average molecular weight is 434 g/mol. The van der Waals surface area contributed by atoms with Crippen LogP contribution >= 0.6 is 0 Å². The number of amides is 3. The lowest BCUT2D eigenvalue weighted by molar-refractivity contribution is -0.134. The summed E-state index contributed by atoms with van der Waals surface area (Å²) in [5.74, 6) is -0.798. The molecule has 3 amide bonds. The van der Waals surface area contributed by atoms with Gasteiger partial charge in [-0.25, -0.2) is 0 Å². The first-order chi connectivity index (χ1) is 14.9. The molecule has 10 nitrogen and oxygen atoms in total. The number of nitrogens with one attached hydrogen (secondary N) is 1. The van der Waals surface area contributed by atoms with Crippen LogP contribution in [0.5, 0.6) is 0 Å². The van der Waals surface area contributed by atoms with E-state index in [1.54, 1.807) is 23.1 Å². The Morgan fingerprint density at radius 3 is 2.71 bits per heavy atom. The second kappa shape index (κ2) is 10.7. The zero-order valence-electron chi connectivity index (χ0n) is 17.7. The molecule has 0 spiro atoms. The number of rotatable bonds is 7. The van der Waals surface area contributed by atoms with E-state index < -0.39 is 11.5 Å². The molecule has 2 aliphatic rings. The molecular formula is C21H31N5O5. The zero-order valence-corrected chi connectivity index (χ0v) is 17.7. The van der Waals surface area contributed by atoms with Crippen LogP contribution in [0.3, 0.4) is 0 Å². The van der Waals surface area contributed by atoms with E-state index in [0.29, 0.717) is 26.1 Å². The molecule has 2 aliphatic heterocycles. The molecule has 1 aromatic heterocycles. The lowest BCUT2D eigenvalue weighted by atomic mass is 9.96. The maximum absolute atomic E-state index is 12.8. The topological polar surface area (TPSA) is 138 Å². The molecule has 0 aromatic carbocycles. The van der Waals surface area contributed by atoms with Gasteiger partial charge >= 0.3 is 0 Å². The monoisotopic (exact) mass is 433 g/mol. The largest absolute Gasteiger partial charge is 0.384 e. The van der Waals surface area contributed by atoms with E-state index >= 15 is 0 Å². The van der Waals surface area contributed by atoms with Crippen molar-refractivity contribution < 1.29 is 24.2 Å². The van der Waals surface area contributed by atoms with Gasteiger partial charge in [-0.3, -0.25) is 19.4 Å². The van der Waals surface area contributed by atoms with Crippen LogP contribution < -0.4 is 11.1 Å². The quantitative estimate of drug-likeness (QED) is 0.501. The van der Waals surface area contributed by atoms with E-state index in [9.17, 15) is 19.5 Å². The van der Waals surface area contributed by atoms with Crippen LogP contribution in [-0.4, -0.2) is 95.7 Å². The van der Waals surface area contributed by atoms with Gasteiger partial charge in [0.05, 0.1) is 26.3 Å². The lowest BCUT2D eigenvalue weighted by Crippen LogP contribution is -2.53. The summed E-state index contributed by atoms with van der Waals surface area (Å²) in [5.41, 5.74) is 4.24. The highest BCUT2D eigenvalue weighted by Gasteiger charge is 2.35. The van der Waals surface area contributed by atoms with E-state index in [0.717, 1.165) is 25.9 Å². The summed E-state index contributed by atoms with van der Waals surface area (Å²) in [5, 5.41) is 13.6. The Balaban J connectivity index is 1.48. The van der Waals surface area contributed by atoms with Gasteiger partial charge < -0.3 is 30.7 Å². The fraction of sp³-hybridized carbons (Fsp3) is 0.619. The summed E-state index contributed by atoms with van der Waals surface area (Å²) >= 11 is 0. The number of nitrogens with two attached hydrogens (primary N) is 1. The summed E-state index contributed by atoms with van der Waals surface area (Å²) in [6, 6.07) is 5.01. The van der Waals surface area contributed by atoms with Gasteiger partial charge in [-0.15, -0.1) is 0 Å². The van der Waals surface area contributed by atoms with Crippen molar-refractivity contribution in [1.29, 1.82) is 0 Å². The third-order valence-electron chi connectivity index (χ3n) is 5.82. The molecule has 2 saturated heterocycles. The van der Waals surface area contributed by atoms with Crippen molar-refractivity contribution in [2.45, 2.75) is 24.9 Å². The third kappa shape index (κ3) is 6.71. The number of hydrogen-bond acceptors (Lipinski definition) is 7. The highest BCUT2D eigenvalue weighted by Crippen LogP contribution is 2.18. The number of carbonyl (C=O) groups is 3. The number of likely N-dealkylation sites (tertiary alicyclic amines) is 1. The van der Waals surface area contributed by atoms with Crippen LogP contribution in [0.25, 0.3) is 0 Å². The Labute approximate surface area is 181 Å². The molecule has 3 rings (SSSR count). The molecular weight excluding hydrogens is 402 g/mol. The van der Waals surface area contributed by atoms with Crippen LogP contribution in [0.1, 0.15) is 29.8 Å². The molecule has 1 aromatic rings. The Kier molecular flexibility index (Phi) is 7.94. The molecule has 0 saturated carbocycles. The number of primary amides is 1.